The second-order valence-corrected chi connectivity index (χ2v) is 9.66. The second kappa shape index (κ2) is 8.28. The predicted molar refractivity (Wildman–Crippen MR) is 117 cm³/mol. The van der Waals surface area contributed by atoms with Crippen LogP contribution in [0.2, 0.25) is 0 Å². The van der Waals surface area contributed by atoms with Crippen molar-refractivity contribution in [3.05, 3.63) is 46.8 Å². The summed E-state index contributed by atoms with van der Waals surface area (Å²) >= 11 is 0. The van der Waals surface area contributed by atoms with Crippen LogP contribution in [0.4, 0.5) is 0 Å². The van der Waals surface area contributed by atoms with Gasteiger partial charge in [-0.05, 0) is 50.4 Å². The fourth-order valence-electron chi connectivity index (χ4n) is 5.17. The number of hydrogen-bond acceptors (Lipinski definition) is 5. The number of rotatable bonds is 4. The van der Waals surface area contributed by atoms with Crippen molar-refractivity contribution in [2.75, 3.05) is 39.4 Å². The number of carbonyl (C=O) groups is 1. The first-order valence-electron chi connectivity index (χ1n) is 11.4. The molecular formula is C24H32N4O3. The van der Waals surface area contributed by atoms with Gasteiger partial charge in [0.15, 0.2) is 0 Å². The van der Waals surface area contributed by atoms with Gasteiger partial charge >= 0.3 is 0 Å². The molecule has 0 aliphatic carbocycles. The standard InChI is InChI=1S/C24H32N4O3/c1-24(2)13-19-12-17(5-6-21(19)31-24)15-27-7-3-4-18(16-27)22-20(14-25-26-22)23(29)28-8-10-30-11-9-28/h5-6,12,14,18H,3-4,7-11,13,15-16H2,1-2H3,(H,25,26)/t18-/m1/s1. The molecule has 7 nitrogen and oxygen atoms in total. The van der Waals surface area contributed by atoms with Crippen molar-refractivity contribution in [3.8, 4) is 5.75 Å². The maximum atomic E-state index is 13.0. The van der Waals surface area contributed by atoms with E-state index in [4.69, 9.17) is 9.47 Å². The highest BCUT2D eigenvalue weighted by Crippen LogP contribution is 2.36. The summed E-state index contributed by atoms with van der Waals surface area (Å²) in [6, 6.07) is 6.61. The Kier molecular flexibility index (Phi) is 5.48. The number of H-pyrrole nitrogens is 1. The van der Waals surface area contributed by atoms with E-state index in [1.807, 2.05) is 4.90 Å². The predicted octanol–water partition coefficient (Wildman–Crippen LogP) is 2.98. The second-order valence-electron chi connectivity index (χ2n) is 9.66. The van der Waals surface area contributed by atoms with E-state index in [1.54, 1.807) is 6.20 Å². The van der Waals surface area contributed by atoms with E-state index >= 15 is 0 Å². The minimum Gasteiger partial charge on any atom is -0.487 e. The third kappa shape index (κ3) is 4.34. The van der Waals surface area contributed by atoms with E-state index in [9.17, 15) is 4.79 Å². The van der Waals surface area contributed by atoms with Crippen LogP contribution in [-0.4, -0.2) is 70.9 Å². The van der Waals surface area contributed by atoms with Crippen LogP contribution in [0.3, 0.4) is 0 Å². The number of amides is 1. The molecule has 2 fully saturated rings. The average molecular weight is 425 g/mol. The summed E-state index contributed by atoms with van der Waals surface area (Å²) in [6.45, 7) is 9.74. The Hall–Kier alpha value is -2.38. The highest BCUT2D eigenvalue weighted by atomic mass is 16.5. The maximum absolute atomic E-state index is 13.0. The number of hydrogen-bond donors (Lipinski definition) is 1. The van der Waals surface area contributed by atoms with Crippen LogP contribution in [0.5, 0.6) is 5.75 Å². The minimum absolute atomic E-state index is 0.0745. The number of fused-ring (bicyclic) bond motifs is 1. The number of nitrogens with one attached hydrogen (secondary N) is 1. The van der Waals surface area contributed by atoms with Gasteiger partial charge in [0.2, 0.25) is 0 Å². The lowest BCUT2D eigenvalue weighted by Crippen LogP contribution is -2.41. The lowest BCUT2D eigenvalue weighted by molar-refractivity contribution is 0.0301. The number of benzene rings is 1. The van der Waals surface area contributed by atoms with Crippen molar-refractivity contribution >= 4 is 5.91 Å². The van der Waals surface area contributed by atoms with Gasteiger partial charge in [0.05, 0.1) is 30.7 Å². The quantitative estimate of drug-likeness (QED) is 0.817. The Bertz CT molecular complexity index is 948. The van der Waals surface area contributed by atoms with Crippen molar-refractivity contribution in [2.24, 2.45) is 0 Å². The summed E-state index contributed by atoms with van der Waals surface area (Å²) in [5, 5.41) is 7.39. The van der Waals surface area contributed by atoms with E-state index in [0.29, 0.717) is 32.2 Å². The summed E-state index contributed by atoms with van der Waals surface area (Å²) in [4.78, 5) is 17.4. The number of likely N-dealkylation sites (tertiary alicyclic amines) is 1. The molecule has 0 radical (unpaired) electrons. The van der Waals surface area contributed by atoms with Crippen molar-refractivity contribution in [1.82, 2.24) is 20.0 Å². The van der Waals surface area contributed by atoms with E-state index in [2.05, 4.69) is 47.1 Å². The van der Waals surface area contributed by atoms with Crippen molar-refractivity contribution < 1.29 is 14.3 Å². The van der Waals surface area contributed by atoms with Gasteiger partial charge in [-0.2, -0.15) is 5.10 Å². The summed E-state index contributed by atoms with van der Waals surface area (Å²) in [5.41, 5.74) is 4.25. The molecule has 0 bridgehead atoms. The monoisotopic (exact) mass is 424 g/mol. The Balaban J connectivity index is 1.27. The first kappa shape index (κ1) is 20.5. The molecule has 5 rings (SSSR count). The Morgan fingerprint density at radius 1 is 1.26 bits per heavy atom. The number of ether oxygens (including phenoxy) is 2. The smallest absolute Gasteiger partial charge is 0.257 e. The SMILES string of the molecule is CC1(C)Cc2cc(CN3CCC[C@@H](c4[nH]ncc4C(=O)N4CCOCC4)C3)ccc2O1. The first-order valence-corrected chi connectivity index (χ1v) is 11.4. The van der Waals surface area contributed by atoms with E-state index < -0.39 is 0 Å². The number of morpholine rings is 1. The molecule has 2 aromatic rings. The van der Waals surface area contributed by atoms with Gasteiger partial charge in [-0.3, -0.25) is 14.8 Å². The van der Waals surface area contributed by atoms with Crippen LogP contribution in [-0.2, 0) is 17.7 Å². The average Bonchev–Trinajstić information content (AvgIpc) is 3.37. The third-order valence-corrected chi connectivity index (χ3v) is 6.64. The maximum Gasteiger partial charge on any atom is 0.257 e. The molecular weight excluding hydrogens is 392 g/mol. The van der Waals surface area contributed by atoms with Crippen LogP contribution in [0.15, 0.2) is 24.4 Å². The summed E-state index contributed by atoms with van der Waals surface area (Å²) in [7, 11) is 0. The van der Waals surface area contributed by atoms with Gasteiger partial charge in [-0.25, -0.2) is 0 Å². The Labute approximate surface area is 183 Å². The van der Waals surface area contributed by atoms with Gasteiger partial charge < -0.3 is 14.4 Å². The van der Waals surface area contributed by atoms with Gasteiger partial charge in [0, 0.05) is 38.5 Å². The topological polar surface area (TPSA) is 70.7 Å². The Morgan fingerprint density at radius 2 is 2.10 bits per heavy atom. The van der Waals surface area contributed by atoms with Gasteiger partial charge in [-0.1, -0.05) is 12.1 Å². The van der Waals surface area contributed by atoms with Gasteiger partial charge in [0.25, 0.3) is 5.91 Å². The summed E-state index contributed by atoms with van der Waals surface area (Å²) in [6.07, 6.45) is 4.86. The molecule has 4 heterocycles. The molecule has 3 aliphatic heterocycles. The number of nitrogens with zero attached hydrogens (tertiary/aromatic N) is 3. The number of piperidine rings is 1. The highest BCUT2D eigenvalue weighted by molar-refractivity contribution is 5.95. The molecule has 166 valence electrons. The minimum atomic E-state index is -0.110. The molecule has 31 heavy (non-hydrogen) atoms. The highest BCUT2D eigenvalue weighted by Gasteiger charge is 2.31. The van der Waals surface area contributed by atoms with Crippen LogP contribution < -0.4 is 4.74 Å². The lowest BCUT2D eigenvalue weighted by Gasteiger charge is -2.33. The molecule has 1 atom stereocenters. The number of aromatic amines is 1. The molecule has 2 saturated heterocycles. The van der Waals surface area contributed by atoms with Gasteiger partial charge in [-0.15, -0.1) is 0 Å². The zero-order valence-corrected chi connectivity index (χ0v) is 18.5. The Morgan fingerprint density at radius 3 is 2.94 bits per heavy atom. The summed E-state index contributed by atoms with van der Waals surface area (Å²) < 4.78 is 11.4. The van der Waals surface area contributed by atoms with Crippen molar-refractivity contribution in [1.29, 1.82) is 0 Å². The molecule has 3 aliphatic rings. The molecule has 1 amide bonds. The van der Waals surface area contributed by atoms with E-state index in [0.717, 1.165) is 55.9 Å². The van der Waals surface area contributed by atoms with Crippen LogP contribution in [0.25, 0.3) is 0 Å². The molecule has 1 N–H and O–H groups in total. The lowest BCUT2D eigenvalue weighted by atomic mass is 9.91. The largest absolute Gasteiger partial charge is 0.487 e. The molecule has 0 spiro atoms. The normalized spacial score (nSPS) is 23.4. The number of carbonyl (C=O) groups excluding carboxylic acids is 1. The molecule has 7 heteroatoms. The van der Waals surface area contributed by atoms with Gasteiger partial charge in [0.1, 0.15) is 11.4 Å². The van der Waals surface area contributed by atoms with Crippen molar-refractivity contribution in [2.45, 2.75) is 51.2 Å². The molecule has 0 saturated carbocycles. The van der Waals surface area contributed by atoms with Crippen LogP contribution in [0.1, 0.15) is 59.8 Å². The zero-order valence-electron chi connectivity index (χ0n) is 18.5. The number of aromatic nitrogens is 2. The first-order chi connectivity index (χ1) is 15.0. The fourth-order valence-corrected chi connectivity index (χ4v) is 5.17. The molecule has 1 aromatic carbocycles. The van der Waals surface area contributed by atoms with Crippen molar-refractivity contribution in [3.63, 3.8) is 0 Å². The van der Waals surface area contributed by atoms with E-state index in [-0.39, 0.29) is 11.5 Å². The molecule has 1 aromatic heterocycles. The summed E-state index contributed by atoms with van der Waals surface area (Å²) in [5.74, 6) is 1.40. The zero-order chi connectivity index (χ0) is 21.4. The third-order valence-electron chi connectivity index (χ3n) is 6.64. The fraction of sp³-hybridized carbons (Fsp3) is 0.583. The molecule has 0 unspecified atom stereocenters. The van der Waals surface area contributed by atoms with Crippen LogP contribution >= 0.6 is 0 Å². The van der Waals surface area contributed by atoms with Crippen LogP contribution in [0, 0.1) is 0 Å². The van der Waals surface area contributed by atoms with E-state index in [1.165, 1.54) is 11.1 Å².